The second kappa shape index (κ2) is 8.19. The Balaban J connectivity index is 1.48. The second-order valence-corrected chi connectivity index (χ2v) is 9.05. The van der Waals surface area contributed by atoms with Crippen molar-refractivity contribution < 1.29 is 4.74 Å². The first kappa shape index (κ1) is 20.4. The van der Waals surface area contributed by atoms with Crippen molar-refractivity contribution in [3.05, 3.63) is 57.2 Å². The van der Waals surface area contributed by atoms with E-state index in [9.17, 15) is 4.79 Å². The maximum Gasteiger partial charge on any atom is 0.262 e. The predicted octanol–water partition coefficient (Wildman–Crippen LogP) is 3.15. The molecule has 3 aromatic heterocycles. The van der Waals surface area contributed by atoms with Crippen molar-refractivity contribution in [3.63, 3.8) is 0 Å². The minimum atomic E-state index is -0.0692. The molecule has 0 spiro atoms. The number of rotatable bonds is 5. The lowest BCUT2D eigenvalue weighted by atomic mass is 9.89. The molecule has 5 rings (SSSR count). The van der Waals surface area contributed by atoms with Gasteiger partial charge in [-0.3, -0.25) is 9.36 Å². The molecule has 1 atom stereocenters. The van der Waals surface area contributed by atoms with Crippen molar-refractivity contribution in [2.45, 2.75) is 32.7 Å². The van der Waals surface area contributed by atoms with Crippen LogP contribution in [0, 0.1) is 5.92 Å². The zero-order valence-corrected chi connectivity index (χ0v) is 18.6. The summed E-state index contributed by atoms with van der Waals surface area (Å²) in [6, 6.07) is 7.42. The molecular formula is C22H23N7O2S. The Hall–Kier alpha value is -3.53. The van der Waals surface area contributed by atoms with Crippen molar-refractivity contribution in [2.75, 3.05) is 18.2 Å². The summed E-state index contributed by atoms with van der Waals surface area (Å²) in [5.41, 5.74) is 7.71. The van der Waals surface area contributed by atoms with Gasteiger partial charge in [0, 0.05) is 4.88 Å². The first-order valence-corrected chi connectivity index (χ1v) is 11.2. The fraction of sp³-hybridized carbons (Fsp3) is 0.318. The van der Waals surface area contributed by atoms with Gasteiger partial charge in [-0.05, 0) is 42.9 Å². The zero-order valence-electron chi connectivity index (χ0n) is 17.8. The number of nitrogen functional groups attached to an aromatic ring is 1. The van der Waals surface area contributed by atoms with Gasteiger partial charge in [-0.2, -0.15) is 15.0 Å². The van der Waals surface area contributed by atoms with E-state index in [-0.39, 0.29) is 24.0 Å². The molecule has 1 aromatic carbocycles. The van der Waals surface area contributed by atoms with E-state index in [0.29, 0.717) is 23.2 Å². The highest BCUT2D eigenvalue weighted by molar-refractivity contribution is 7.18. The van der Waals surface area contributed by atoms with Crippen molar-refractivity contribution >= 4 is 39.1 Å². The van der Waals surface area contributed by atoms with Crippen LogP contribution < -0.4 is 21.3 Å². The van der Waals surface area contributed by atoms with Gasteiger partial charge in [0.1, 0.15) is 10.6 Å². The van der Waals surface area contributed by atoms with Crippen LogP contribution in [0.4, 0.5) is 17.6 Å². The van der Waals surface area contributed by atoms with Gasteiger partial charge in [0.05, 0.1) is 31.1 Å². The lowest BCUT2D eigenvalue weighted by molar-refractivity contribution is 0.417. The van der Waals surface area contributed by atoms with Crippen molar-refractivity contribution in [2.24, 2.45) is 5.92 Å². The number of aromatic nitrogens is 5. The van der Waals surface area contributed by atoms with E-state index in [4.69, 9.17) is 10.5 Å². The van der Waals surface area contributed by atoms with Crippen LogP contribution in [-0.4, -0.2) is 31.6 Å². The largest absolute Gasteiger partial charge is 0.495 e. The molecule has 1 aliphatic carbocycles. The summed E-state index contributed by atoms with van der Waals surface area (Å²) >= 11 is 1.63. The van der Waals surface area contributed by atoms with Crippen LogP contribution in [0.2, 0.25) is 0 Å². The lowest BCUT2D eigenvalue weighted by Crippen LogP contribution is -2.23. The average molecular weight is 450 g/mol. The van der Waals surface area contributed by atoms with E-state index in [1.807, 2.05) is 24.3 Å². The van der Waals surface area contributed by atoms with E-state index in [0.717, 1.165) is 35.0 Å². The molecule has 0 saturated heterocycles. The standard InChI is InChI=1S/C22H23N7O2S/c1-12-7-8-13-16(9-12)32-19-18(13)20(30)29(11-24-19)10-17-26-21(23)28-22(27-17)25-14-5-3-4-6-15(14)31-2/h3-6,11-12H,7-10H2,1-2H3,(H3,23,25,26,27,28)/t12-/m1/s1. The second-order valence-electron chi connectivity index (χ2n) is 7.97. The topological polar surface area (TPSA) is 121 Å². The fourth-order valence-corrected chi connectivity index (χ4v) is 5.40. The van der Waals surface area contributed by atoms with Gasteiger partial charge in [-0.1, -0.05) is 19.1 Å². The average Bonchev–Trinajstić information content (AvgIpc) is 3.14. The van der Waals surface area contributed by atoms with Crippen molar-refractivity contribution in [1.82, 2.24) is 24.5 Å². The minimum absolute atomic E-state index is 0.0661. The highest BCUT2D eigenvalue weighted by Gasteiger charge is 2.23. The highest BCUT2D eigenvalue weighted by Crippen LogP contribution is 2.35. The number of nitrogens with two attached hydrogens (primary N) is 1. The summed E-state index contributed by atoms with van der Waals surface area (Å²) in [5, 5.41) is 3.84. The minimum Gasteiger partial charge on any atom is -0.495 e. The van der Waals surface area contributed by atoms with Gasteiger partial charge in [0.2, 0.25) is 11.9 Å². The van der Waals surface area contributed by atoms with E-state index in [1.165, 1.54) is 9.44 Å². The third kappa shape index (κ3) is 3.77. The summed E-state index contributed by atoms with van der Waals surface area (Å²) in [7, 11) is 1.59. The molecule has 4 aromatic rings. The van der Waals surface area contributed by atoms with E-state index >= 15 is 0 Å². The number of para-hydroxylation sites is 2. The molecule has 3 heterocycles. The van der Waals surface area contributed by atoms with Crippen LogP contribution in [-0.2, 0) is 19.4 Å². The molecule has 0 saturated carbocycles. The molecule has 0 amide bonds. The number of nitrogens with one attached hydrogen (secondary N) is 1. The number of hydrogen-bond donors (Lipinski definition) is 2. The molecule has 0 unspecified atom stereocenters. The van der Waals surface area contributed by atoms with Gasteiger partial charge in [0.25, 0.3) is 5.56 Å². The number of fused-ring (bicyclic) bond motifs is 3. The summed E-state index contributed by atoms with van der Waals surface area (Å²) < 4.78 is 6.89. The highest BCUT2D eigenvalue weighted by atomic mass is 32.1. The Morgan fingerprint density at radius 3 is 2.97 bits per heavy atom. The summed E-state index contributed by atoms with van der Waals surface area (Å²) in [6.45, 7) is 2.40. The molecule has 0 bridgehead atoms. The molecule has 0 radical (unpaired) electrons. The molecule has 3 N–H and O–H groups in total. The van der Waals surface area contributed by atoms with E-state index in [2.05, 4.69) is 32.2 Å². The van der Waals surface area contributed by atoms with Gasteiger partial charge < -0.3 is 15.8 Å². The zero-order chi connectivity index (χ0) is 22.2. The first-order chi connectivity index (χ1) is 15.5. The number of ether oxygens (including phenoxy) is 1. The van der Waals surface area contributed by atoms with Crippen molar-refractivity contribution in [1.29, 1.82) is 0 Å². The molecular weight excluding hydrogens is 426 g/mol. The first-order valence-electron chi connectivity index (χ1n) is 10.4. The Labute approximate surface area is 188 Å². The Bertz CT molecular complexity index is 1360. The van der Waals surface area contributed by atoms with Crippen molar-refractivity contribution in [3.8, 4) is 5.75 Å². The Morgan fingerprint density at radius 2 is 2.12 bits per heavy atom. The third-order valence-corrected chi connectivity index (χ3v) is 6.81. The van der Waals surface area contributed by atoms with Gasteiger partial charge in [-0.15, -0.1) is 11.3 Å². The van der Waals surface area contributed by atoms with Gasteiger partial charge in [0.15, 0.2) is 5.82 Å². The Kier molecular flexibility index (Phi) is 5.22. The van der Waals surface area contributed by atoms with Crippen LogP contribution in [0.15, 0.2) is 35.4 Å². The quantitative estimate of drug-likeness (QED) is 0.477. The molecule has 9 nitrogen and oxygen atoms in total. The molecule has 0 fully saturated rings. The summed E-state index contributed by atoms with van der Waals surface area (Å²) in [4.78, 5) is 32.8. The number of nitrogens with zero attached hydrogens (tertiary/aromatic N) is 5. The molecule has 164 valence electrons. The fourth-order valence-electron chi connectivity index (χ4n) is 4.06. The number of anilines is 3. The van der Waals surface area contributed by atoms with Gasteiger partial charge >= 0.3 is 0 Å². The van der Waals surface area contributed by atoms with Crippen LogP contribution in [0.25, 0.3) is 10.2 Å². The predicted molar refractivity (Wildman–Crippen MR) is 125 cm³/mol. The maximum atomic E-state index is 13.3. The summed E-state index contributed by atoms with van der Waals surface area (Å²) in [6.07, 6.45) is 4.58. The Morgan fingerprint density at radius 1 is 1.28 bits per heavy atom. The van der Waals surface area contributed by atoms with Gasteiger partial charge in [-0.25, -0.2) is 4.98 Å². The summed E-state index contributed by atoms with van der Waals surface area (Å²) in [5.74, 6) is 2.00. The normalized spacial score (nSPS) is 15.5. The number of aryl methyl sites for hydroxylation is 1. The maximum absolute atomic E-state index is 13.3. The van der Waals surface area contributed by atoms with Crippen LogP contribution in [0.3, 0.4) is 0 Å². The molecule has 0 aliphatic heterocycles. The van der Waals surface area contributed by atoms with E-state index < -0.39 is 0 Å². The number of hydrogen-bond acceptors (Lipinski definition) is 9. The molecule has 32 heavy (non-hydrogen) atoms. The molecule has 10 heteroatoms. The third-order valence-electron chi connectivity index (χ3n) is 5.65. The molecule has 1 aliphatic rings. The SMILES string of the molecule is COc1ccccc1Nc1nc(N)nc(Cn2cnc3sc4c(c3c2=O)CC[C@@H](C)C4)n1. The monoisotopic (exact) mass is 449 g/mol. The number of benzene rings is 1. The number of thiophene rings is 1. The van der Waals surface area contributed by atoms with Crippen LogP contribution in [0.1, 0.15) is 29.6 Å². The lowest BCUT2D eigenvalue weighted by Gasteiger charge is -2.17. The smallest absolute Gasteiger partial charge is 0.262 e. The number of methoxy groups -OCH3 is 1. The van der Waals surface area contributed by atoms with Crippen LogP contribution >= 0.6 is 11.3 Å². The van der Waals surface area contributed by atoms with E-state index in [1.54, 1.807) is 24.8 Å². The van der Waals surface area contributed by atoms with Crippen LogP contribution in [0.5, 0.6) is 5.75 Å².